The van der Waals surface area contributed by atoms with Crippen molar-refractivity contribution in [3.8, 4) is 0 Å². The van der Waals surface area contributed by atoms with Gasteiger partial charge in [0.2, 0.25) is 11.8 Å². The van der Waals surface area contributed by atoms with E-state index in [2.05, 4.69) is 60.3 Å². The number of pyridine rings is 1. The number of fused-ring (bicyclic) bond motifs is 1. The predicted molar refractivity (Wildman–Crippen MR) is 200 cm³/mol. The number of nitrogens with one attached hydrogen (secondary N) is 2. The number of rotatable bonds is 12. The smallest absolute Gasteiger partial charge is 0.449 e. The fourth-order valence-electron chi connectivity index (χ4n) is 7.09. The number of benzene rings is 2. The molecule has 0 saturated carbocycles. The summed E-state index contributed by atoms with van der Waals surface area (Å²) in [5, 5.41) is 30.5. The molecule has 4 aromatic heterocycles. The van der Waals surface area contributed by atoms with Crippen LogP contribution >= 0.6 is 0 Å². The average molecular weight is 785 g/mol. The first kappa shape index (κ1) is 37.7. The van der Waals surface area contributed by atoms with E-state index >= 15 is 0 Å². The van der Waals surface area contributed by atoms with Crippen molar-refractivity contribution in [1.29, 1.82) is 0 Å². The third-order valence-corrected chi connectivity index (χ3v) is 9.99. The molecule has 0 bridgehead atoms. The van der Waals surface area contributed by atoms with Gasteiger partial charge in [-0.05, 0) is 48.2 Å². The van der Waals surface area contributed by atoms with Gasteiger partial charge in [0.15, 0.2) is 35.4 Å². The first-order valence-corrected chi connectivity index (χ1v) is 18.5. The molecule has 2 aromatic carbocycles. The van der Waals surface area contributed by atoms with E-state index < -0.39 is 36.7 Å². The molecule has 19 heteroatoms. The monoisotopic (exact) mass is 784 g/mol. The Hall–Kier alpha value is -6.21. The highest BCUT2D eigenvalue weighted by Gasteiger charge is 2.53. The zero-order valence-corrected chi connectivity index (χ0v) is 30.9. The Morgan fingerprint density at radius 1 is 1.04 bits per heavy atom. The minimum absolute atomic E-state index is 0.0234. The standard InChI is InChI=1S/C38H39F3N12O4/c1-3-53-49-33(48-50-53)31-30(57-36(55)38(39,40)41)29(54)35(56-31)52-21-44-28-32(43-19-26(23-10-6-4-7-11-23)24-12-8-5-9-13-24)46-37(47-34(28)52)51-17-16-25(20-51)45-27-15-14-22(2)18-42-27/h4-15,18,21,25-26,29-31,35,54H,3,16-17,19-20H2,1-2H3,(H,42,45)(H,43,46,47)/t25-,29-,30+,31+,35-/m1/s1. The van der Waals surface area contributed by atoms with Crippen molar-refractivity contribution in [3.63, 3.8) is 0 Å². The van der Waals surface area contributed by atoms with Crippen LogP contribution in [0, 0.1) is 6.92 Å². The van der Waals surface area contributed by atoms with Gasteiger partial charge in [0.05, 0.1) is 12.9 Å². The maximum Gasteiger partial charge on any atom is 0.490 e. The number of hydrogen-bond acceptors (Lipinski definition) is 14. The number of ether oxygens (including phenoxy) is 2. The summed E-state index contributed by atoms with van der Waals surface area (Å²) < 4.78 is 52.7. The Kier molecular flexibility index (Phi) is 10.4. The molecule has 57 heavy (non-hydrogen) atoms. The second-order valence-electron chi connectivity index (χ2n) is 13.9. The molecule has 16 nitrogen and oxygen atoms in total. The fraction of sp³-hybridized carbons (Fsp3) is 0.368. The maximum absolute atomic E-state index is 13.4. The van der Waals surface area contributed by atoms with Crippen LogP contribution in [-0.4, -0.2) is 99.8 Å². The Labute approximate surface area is 324 Å². The van der Waals surface area contributed by atoms with Gasteiger partial charge in [0.25, 0.3) is 0 Å². The van der Waals surface area contributed by atoms with Crippen molar-refractivity contribution >= 4 is 34.7 Å². The summed E-state index contributed by atoms with van der Waals surface area (Å²) in [7, 11) is 0. The van der Waals surface area contributed by atoms with Crippen LogP contribution in [0.1, 0.15) is 54.1 Å². The zero-order valence-electron chi connectivity index (χ0n) is 30.9. The van der Waals surface area contributed by atoms with E-state index in [-0.39, 0.29) is 23.4 Å². The van der Waals surface area contributed by atoms with Crippen LogP contribution in [0.5, 0.6) is 0 Å². The lowest BCUT2D eigenvalue weighted by Gasteiger charge is -2.22. The summed E-state index contributed by atoms with van der Waals surface area (Å²) in [5.74, 6) is -1.28. The molecule has 8 rings (SSSR count). The second-order valence-corrected chi connectivity index (χ2v) is 13.9. The Morgan fingerprint density at radius 3 is 2.42 bits per heavy atom. The van der Waals surface area contributed by atoms with Crippen molar-refractivity contribution in [2.45, 2.75) is 69.5 Å². The number of aryl methyl sites for hydroxylation is 2. The minimum Gasteiger partial charge on any atom is -0.449 e. The van der Waals surface area contributed by atoms with Crippen LogP contribution in [0.15, 0.2) is 85.3 Å². The molecular formula is C38H39F3N12O4. The molecular weight excluding hydrogens is 745 g/mol. The number of halogens is 3. The number of alkyl halides is 3. The lowest BCUT2D eigenvalue weighted by molar-refractivity contribution is -0.210. The van der Waals surface area contributed by atoms with Gasteiger partial charge in [-0.2, -0.15) is 27.9 Å². The molecule has 0 radical (unpaired) electrons. The number of esters is 1. The number of hydrogen-bond donors (Lipinski definition) is 3. The topological polar surface area (TPSA) is 183 Å². The van der Waals surface area contributed by atoms with Crippen LogP contribution in [0.3, 0.4) is 0 Å². The molecule has 2 saturated heterocycles. The van der Waals surface area contributed by atoms with E-state index in [1.54, 1.807) is 13.1 Å². The summed E-state index contributed by atoms with van der Waals surface area (Å²) in [6, 6.07) is 24.0. The van der Waals surface area contributed by atoms with Gasteiger partial charge in [0, 0.05) is 37.8 Å². The SMILES string of the molecule is CCn1nnc([C@H]2O[C@@H](n3cnc4c(NCC(c5ccccc5)c5ccccc5)nc(N5CC[C@@H](Nc6ccc(C)cn6)C5)nc43)[C@H](O)[C@@H]2OC(=O)C(F)(F)F)n1. The van der Waals surface area contributed by atoms with Crippen molar-refractivity contribution in [2.24, 2.45) is 0 Å². The largest absolute Gasteiger partial charge is 0.490 e. The highest BCUT2D eigenvalue weighted by molar-refractivity contribution is 5.84. The van der Waals surface area contributed by atoms with E-state index in [1.807, 2.05) is 60.4 Å². The Balaban J connectivity index is 1.16. The van der Waals surface area contributed by atoms with E-state index in [0.29, 0.717) is 43.5 Å². The number of aromatic nitrogens is 9. The lowest BCUT2D eigenvalue weighted by atomic mass is 9.91. The molecule has 6 heterocycles. The molecule has 3 N–H and O–H groups in total. The van der Waals surface area contributed by atoms with Gasteiger partial charge >= 0.3 is 12.1 Å². The van der Waals surface area contributed by atoms with Gasteiger partial charge in [-0.25, -0.2) is 14.8 Å². The van der Waals surface area contributed by atoms with Gasteiger partial charge in [-0.1, -0.05) is 66.7 Å². The molecule has 0 spiro atoms. The molecule has 2 aliphatic rings. The van der Waals surface area contributed by atoms with E-state index in [1.165, 1.54) is 15.7 Å². The van der Waals surface area contributed by atoms with Crippen molar-refractivity contribution in [3.05, 3.63) is 108 Å². The Morgan fingerprint density at radius 2 is 1.77 bits per heavy atom. The highest BCUT2D eigenvalue weighted by Crippen LogP contribution is 2.42. The van der Waals surface area contributed by atoms with Crippen LogP contribution in [0.2, 0.25) is 0 Å². The molecule has 2 aliphatic heterocycles. The van der Waals surface area contributed by atoms with Gasteiger partial charge < -0.3 is 30.1 Å². The third-order valence-electron chi connectivity index (χ3n) is 9.99. The number of imidazole rings is 1. The van der Waals surface area contributed by atoms with E-state index in [9.17, 15) is 23.1 Å². The molecule has 6 aromatic rings. The summed E-state index contributed by atoms with van der Waals surface area (Å²) >= 11 is 0. The number of nitrogens with zero attached hydrogens (tertiary/aromatic N) is 10. The van der Waals surface area contributed by atoms with E-state index in [0.717, 1.165) is 28.9 Å². The zero-order chi connectivity index (χ0) is 39.7. The maximum atomic E-state index is 13.4. The number of carbonyl (C=O) groups is 1. The molecule has 296 valence electrons. The second kappa shape index (κ2) is 15.7. The number of aliphatic hydroxyl groups is 1. The quantitative estimate of drug-likeness (QED) is 0.147. The number of aliphatic hydroxyl groups excluding tert-OH is 1. The van der Waals surface area contributed by atoms with Crippen LogP contribution in [0.4, 0.5) is 30.8 Å². The summed E-state index contributed by atoms with van der Waals surface area (Å²) in [6.07, 6.45) is -8.05. The molecule has 2 fully saturated rings. The van der Waals surface area contributed by atoms with E-state index in [4.69, 9.17) is 19.4 Å². The van der Waals surface area contributed by atoms with Gasteiger partial charge in [-0.15, -0.1) is 10.2 Å². The molecule has 0 aliphatic carbocycles. The third kappa shape index (κ3) is 7.92. The average Bonchev–Trinajstić information content (AvgIpc) is 4.03. The number of carbonyl (C=O) groups excluding carboxylic acids is 1. The fourth-order valence-corrected chi connectivity index (χ4v) is 7.09. The minimum atomic E-state index is -5.34. The van der Waals surface area contributed by atoms with Gasteiger partial charge in [-0.3, -0.25) is 4.57 Å². The molecule has 0 unspecified atom stereocenters. The van der Waals surface area contributed by atoms with Crippen molar-refractivity contribution in [2.75, 3.05) is 35.2 Å². The first-order chi connectivity index (χ1) is 27.6. The summed E-state index contributed by atoms with van der Waals surface area (Å²) in [4.78, 5) is 34.3. The number of anilines is 3. The van der Waals surface area contributed by atoms with Crippen molar-refractivity contribution in [1.82, 2.24) is 44.7 Å². The van der Waals surface area contributed by atoms with Crippen LogP contribution in [-0.2, 0) is 20.8 Å². The normalized spacial score (nSPS) is 21.0. The molecule has 0 amide bonds. The number of tetrazole rings is 1. The highest BCUT2D eigenvalue weighted by atomic mass is 19.4. The van der Waals surface area contributed by atoms with Crippen LogP contribution in [0.25, 0.3) is 11.2 Å². The first-order valence-electron chi connectivity index (χ1n) is 18.5. The lowest BCUT2D eigenvalue weighted by Crippen LogP contribution is -2.38. The van der Waals surface area contributed by atoms with Gasteiger partial charge in [0.1, 0.15) is 11.9 Å². The summed E-state index contributed by atoms with van der Waals surface area (Å²) in [6.45, 7) is 5.54. The molecule has 5 atom stereocenters. The van der Waals surface area contributed by atoms with Crippen molar-refractivity contribution < 1.29 is 32.5 Å². The summed E-state index contributed by atoms with van der Waals surface area (Å²) in [5.41, 5.74) is 3.73. The Bertz CT molecular complexity index is 2270. The predicted octanol–water partition coefficient (Wildman–Crippen LogP) is 4.58. The van der Waals surface area contributed by atoms with Crippen LogP contribution < -0.4 is 15.5 Å².